The monoisotopic (exact) mass is 194 g/mol. The Kier molecular flexibility index (Phi) is 3.18. The maximum atomic E-state index is 13.0. The van der Waals surface area contributed by atoms with Crippen LogP contribution >= 0.6 is 0 Å². The molecule has 4 heteroatoms. The topological polar surface area (TPSA) is 70.0 Å². The van der Waals surface area contributed by atoms with Gasteiger partial charge in [-0.25, -0.2) is 4.39 Å². The van der Waals surface area contributed by atoms with Crippen LogP contribution in [0.25, 0.3) is 0 Å². The van der Waals surface area contributed by atoms with Gasteiger partial charge in [-0.1, -0.05) is 0 Å². The fraction of sp³-hybridized carbons (Fsp3) is 0.300. The van der Waals surface area contributed by atoms with Gasteiger partial charge in [-0.15, -0.1) is 0 Å². The summed E-state index contributed by atoms with van der Waals surface area (Å²) in [7, 11) is 0. The van der Waals surface area contributed by atoms with Crippen LogP contribution in [0.2, 0.25) is 0 Å². The van der Waals surface area contributed by atoms with Crippen LogP contribution < -0.4 is 5.73 Å². The highest BCUT2D eigenvalue weighted by Gasteiger charge is 2.13. The summed E-state index contributed by atoms with van der Waals surface area (Å²) in [6.07, 6.45) is -0.775. The summed E-state index contributed by atoms with van der Waals surface area (Å²) in [6, 6.07) is 4.97. The quantitative estimate of drug-likeness (QED) is 0.740. The largest absolute Gasteiger partial charge is 0.391 e. The third kappa shape index (κ3) is 2.28. The Labute approximate surface area is 81.6 Å². The van der Waals surface area contributed by atoms with E-state index in [9.17, 15) is 9.50 Å². The zero-order chi connectivity index (χ0) is 10.7. The number of rotatable bonds is 2. The summed E-state index contributed by atoms with van der Waals surface area (Å²) in [5, 5.41) is 17.8. The van der Waals surface area contributed by atoms with Crippen molar-refractivity contribution in [3.05, 3.63) is 35.1 Å². The van der Waals surface area contributed by atoms with Gasteiger partial charge in [0, 0.05) is 0 Å². The molecule has 0 aromatic heterocycles. The first-order valence-corrected chi connectivity index (χ1v) is 4.19. The van der Waals surface area contributed by atoms with Crippen molar-refractivity contribution in [2.45, 2.75) is 19.1 Å². The van der Waals surface area contributed by atoms with E-state index in [0.717, 1.165) is 6.07 Å². The Morgan fingerprint density at radius 2 is 2.14 bits per heavy atom. The Morgan fingerprint density at radius 3 is 2.64 bits per heavy atom. The van der Waals surface area contributed by atoms with E-state index in [-0.39, 0.29) is 5.56 Å². The molecule has 74 valence electrons. The predicted octanol–water partition coefficient (Wildman–Crippen LogP) is 1.08. The van der Waals surface area contributed by atoms with Crippen LogP contribution in [0.3, 0.4) is 0 Å². The molecule has 1 aromatic carbocycles. The van der Waals surface area contributed by atoms with Crippen LogP contribution in [0.15, 0.2) is 18.2 Å². The molecule has 2 atom stereocenters. The Bertz CT molecular complexity index is 371. The highest BCUT2D eigenvalue weighted by molar-refractivity contribution is 5.35. The van der Waals surface area contributed by atoms with E-state index in [0.29, 0.717) is 5.56 Å². The van der Waals surface area contributed by atoms with Crippen molar-refractivity contribution >= 4 is 0 Å². The summed E-state index contributed by atoms with van der Waals surface area (Å²) in [6.45, 7) is 1.52. The fourth-order valence-corrected chi connectivity index (χ4v) is 1.15. The van der Waals surface area contributed by atoms with E-state index >= 15 is 0 Å². The summed E-state index contributed by atoms with van der Waals surface area (Å²) in [5.74, 6) is -0.518. The van der Waals surface area contributed by atoms with Gasteiger partial charge in [0.2, 0.25) is 0 Å². The number of nitrogens with zero attached hydrogens (tertiary/aromatic N) is 1. The van der Waals surface area contributed by atoms with Crippen LogP contribution in [0.5, 0.6) is 0 Å². The van der Waals surface area contributed by atoms with Gasteiger partial charge in [-0.05, 0) is 30.7 Å². The average Bonchev–Trinajstić information content (AvgIpc) is 2.15. The maximum Gasteiger partial charge on any atom is 0.124 e. The van der Waals surface area contributed by atoms with Crippen LogP contribution in [-0.2, 0) is 0 Å². The van der Waals surface area contributed by atoms with Crippen molar-refractivity contribution in [3.8, 4) is 6.07 Å². The number of aliphatic hydroxyl groups excluding tert-OH is 1. The number of aliphatic hydroxyl groups is 1. The minimum Gasteiger partial charge on any atom is -0.391 e. The fourth-order valence-electron chi connectivity index (χ4n) is 1.15. The van der Waals surface area contributed by atoms with Crippen LogP contribution in [0, 0.1) is 17.1 Å². The first kappa shape index (κ1) is 10.6. The van der Waals surface area contributed by atoms with Gasteiger partial charge in [0.1, 0.15) is 5.82 Å². The first-order valence-electron chi connectivity index (χ1n) is 4.19. The summed E-state index contributed by atoms with van der Waals surface area (Å²) in [4.78, 5) is 0. The zero-order valence-electron chi connectivity index (χ0n) is 7.74. The van der Waals surface area contributed by atoms with Gasteiger partial charge in [0.05, 0.1) is 23.8 Å². The molecule has 0 amide bonds. The van der Waals surface area contributed by atoms with Crippen molar-refractivity contribution in [2.24, 2.45) is 5.73 Å². The maximum absolute atomic E-state index is 13.0. The van der Waals surface area contributed by atoms with E-state index in [1.54, 1.807) is 0 Å². The van der Waals surface area contributed by atoms with E-state index in [1.165, 1.54) is 19.1 Å². The average molecular weight is 194 g/mol. The predicted molar refractivity (Wildman–Crippen MR) is 49.7 cm³/mol. The smallest absolute Gasteiger partial charge is 0.124 e. The van der Waals surface area contributed by atoms with E-state index in [1.807, 2.05) is 6.07 Å². The van der Waals surface area contributed by atoms with E-state index in [4.69, 9.17) is 11.0 Å². The van der Waals surface area contributed by atoms with Gasteiger partial charge in [-0.2, -0.15) is 5.26 Å². The van der Waals surface area contributed by atoms with Gasteiger partial charge in [0.25, 0.3) is 0 Å². The molecule has 0 fully saturated rings. The molecule has 0 aliphatic carbocycles. The minimum atomic E-state index is -0.775. The third-order valence-electron chi connectivity index (χ3n) is 1.95. The Hall–Kier alpha value is -1.44. The normalized spacial score (nSPS) is 14.5. The van der Waals surface area contributed by atoms with Crippen molar-refractivity contribution in [1.29, 1.82) is 5.26 Å². The molecule has 1 aromatic rings. The Morgan fingerprint density at radius 1 is 1.50 bits per heavy atom. The highest BCUT2D eigenvalue weighted by Crippen LogP contribution is 2.17. The second-order valence-corrected chi connectivity index (χ2v) is 3.15. The molecule has 0 spiro atoms. The van der Waals surface area contributed by atoms with Gasteiger partial charge < -0.3 is 10.8 Å². The molecule has 0 aliphatic rings. The van der Waals surface area contributed by atoms with E-state index < -0.39 is 18.0 Å². The molecular formula is C10H11FN2O. The van der Waals surface area contributed by atoms with Crippen LogP contribution in [0.4, 0.5) is 4.39 Å². The number of hydrogen-bond donors (Lipinski definition) is 2. The SMILES string of the molecule is C[C@H](O)[C@H](N)c1cc(F)cc(C#N)c1. The molecule has 0 saturated heterocycles. The molecule has 0 aliphatic heterocycles. The van der Waals surface area contributed by atoms with Crippen molar-refractivity contribution in [2.75, 3.05) is 0 Å². The van der Waals surface area contributed by atoms with Crippen LogP contribution in [-0.4, -0.2) is 11.2 Å². The summed E-state index contributed by atoms with van der Waals surface area (Å²) in [5.41, 5.74) is 6.24. The third-order valence-corrected chi connectivity index (χ3v) is 1.95. The lowest BCUT2D eigenvalue weighted by atomic mass is 10.0. The van der Waals surface area contributed by atoms with Crippen molar-refractivity contribution in [1.82, 2.24) is 0 Å². The molecule has 14 heavy (non-hydrogen) atoms. The number of nitrogens with two attached hydrogens (primary N) is 1. The highest BCUT2D eigenvalue weighted by atomic mass is 19.1. The standard InChI is InChI=1S/C10H11FN2O/c1-6(14)10(13)8-2-7(5-12)3-9(11)4-8/h2-4,6,10,14H,13H2,1H3/t6-,10-/m0/s1. The molecule has 0 unspecified atom stereocenters. The van der Waals surface area contributed by atoms with Crippen molar-refractivity contribution < 1.29 is 9.50 Å². The first-order chi connectivity index (χ1) is 6.54. The molecule has 0 heterocycles. The lowest BCUT2D eigenvalue weighted by molar-refractivity contribution is 0.164. The van der Waals surface area contributed by atoms with Gasteiger partial charge in [0.15, 0.2) is 0 Å². The molecule has 0 radical (unpaired) electrons. The molecule has 3 nitrogen and oxygen atoms in total. The molecular weight excluding hydrogens is 183 g/mol. The molecule has 1 rings (SSSR count). The number of hydrogen-bond acceptors (Lipinski definition) is 3. The molecule has 0 bridgehead atoms. The van der Waals surface area contributed by atoms with Crippen molar-refractivity contribution in [3.63, 3.8) is 0 Å². The number of halogens is 1. The van der Waals surface area contributed by atoms with E-state index in [2.05, 4.69) is 0 Å². The lowest BCUT2D eigenvalue weighted by Crippen LogP contribution is -2.23. The lowest BCUT2D eigenvalue weighted by Gasteiger charge is -2.15. The van der Waals surface area contributed by atoms with Gasteiger partial charge >= 0.3 is 0 Å². The summed E-state index contributed by atoms with van der Waals surface area (Å²) >= 11 is 0. The zero-order valence-corrected chi connectivity index (χ0v) is 7.74. The second-order valence-electron chi connectivity index (χ2n) is 3.15. The Balaban J connectivity index is 3.10. The molecule has 3 N–H and O–H groups in total. The van der Waals surface area contributed by atoms with Crippen LogP contribution in [0.1, 0.15) is 24.1 Å². The summed E-state index contributed by atoms with van der Waals surface area (Å²) < 4.78 is 13.0. The number of nitriles is 1. The second kappa shape index (κ2) is 4.18. The minimum absolute atomic E-state index is 0.205. The molecule has 0 saturated carbocycles. The van der Waals surface area contributed by atoms with Gasteiger partial charge in [-0.3, -0.25) is 0 Å². The number of benzene rings is 1.